The van der Waals surface area contributed by atoms with Crippen molar-refractivity contribution in [3.05, 3.63) is 64.7 Å². The second-order valence-corrected chi connectivity index (χ2v) is 7.32. The van der Waals surface area contributed by atoms with E-state index in [-0.39, 0.29) is 11.8 Å². The highest BCUT2D eigenvalue weighted by atomic mass is 32.2. The van der Waals surface area contributed by atoms with Crippen LogP contribution in [0.4, 0.5) is 5.69 Å². The van der Waals surface area contributed by atoms with Crippen LogP contribution in [-0.2, 0) is 15.3 Å². The zero-order chi connectivity index (χ0) is 19.6. The fraction of sp³-hybridized carbons (Fsp3) is 0.333. The first kappa shape index (κ1) is 21.0. The Morgan fingerprint density at radius 3 is 2.48 bits per heavy atom. The Morgan fingerprint density at radius 2 is 1.78 bits per heavy atom. The quantitative estimate of drug-likeness (QED) is 0.647. The second-order valence-electron chi connectivity index (χ2n) is 6.33. The maximum absolute atomic E-state index is 12.3. The monoisotopic (exact) mass is 386 g/mol. The lowest BCUT2D eigenvalue weighted by molar-refractivity contribution is -0.113. The number of thioether (sulfide) groups is 1. The fourth-order valence-electron chi connectivity index (χ4n) is 2.75. The van der Waals surface area contributed by atoms with Crippen molar-refractivity contribution < 1.29 is 14.3 Å². The maximum atomic E-state index is 12.3. The molecule has 5 nitrogen and oxygen atoms in total. The van der Waals surface area contributed by atoms with E-state index < -0.39 is 0 Å². The number of carbonyl (C=O) groups is 2. The van der Waals surface area contributed by atoms with Crippen LogP contribution in [0.15, 0.2) is 42.5 Å². The van der Waals surface area contributed by atoms with Crippen LogP contribution >= 0.6 is 11.8 Å². The number of hydrogen-bond acceptors (Lipinski definition) is 4. The topological polar surface area (TPSA) is 67.4 Å². The number of hydrogen-bond donors (Lipinski definition) is 2. The van der Waals surface area contributed by atoms with Crippen LogP contribution < -0.4 is 10.6 Å². The minimum absolute atomic E-state index is 0.124. The predicted octanol–water partition coefficient (Wildman–Crippen LogP) is 3.55. The van der Waals surface area contributed by atoms with E-state index in [0.717, 1.165) is 5.75 Å². The predicted molar refractivity (Wildman–Crippen MR) is 111 cm³/mol. The van der Waals surface area contributed by atoms with Gasteiger partial charge in [-0.25, -0.2) is 0 Å². The molecule has 0 saturated heterocycles. The zero-order valence-electron chi connectivity index (χ0n) is 16.0. The number of ether oxygens (including phenoxy) is 1. The molecule has 0 heterocycles. The molecule has 27 heavy (non-hydrogen) atoms. The molecule has 0 aromatic heterocycles. The van der Waals surface area contributed by atoms with Crippen molar-refractivity contribution in [2.24, 2.45) is 0 Å². The molecule has 0 saturated carbocycles. The van der Waals surface area contributed by atoms with E-state index in [9.17, 15) is 9.59 Å². The number of carbonyl (C=O) groups excluding carboxylic acids is 2. The molecule has 2 N–H and O–H groups in total. The molecule has 2 rings (SSSR count). The van der Waals surface area contributed by atoms with Crippen molar-refractivity contribution in [1.29, 1.82) is 0 Å². The molecule has 2 aromatic rings. The summed E-state index contributed by atoms with van der Waals surface area (Å²) < 4.78 is 4.93. The zero-order valence-corrected chi connectivity index (χ0v) is 16.8. The van der Waals surface area contributed by atoms with Gasteiger partial charge in [0.2, 0.25) is 5.91 Å². The molecule has 0 radical (unpaired) electrons. The van der Waals surface area contributed by atoms with Crippen molar-refractivity contribution in [2.45, 2.75) is 19.6 Å². The van der Waals surface area contributed by atoms with Crippen molar-refractivity contribution >= 4 is 29.3 Å². The fourth-order valence-corrected chi connectivity index (χ4v) is 3.51. The van der Waals surface area contributed by atoms with Crippen LogP contribution in [0.3, 0.4) is 0 Å². The summed E-state index contributed by atoms with van der Waals surface area (Å²) in [6, 6.07) is 13.4. The van der Waals surface area contributed by atoms with Gasteiger partial charge < -0.3 is 15.4 Å². The Bertz CT molecular complexity index is 772. The Balaban J connectivity index is 1.89. The Labute approximate surface area is 164 Å². The van der Waals surface area contributed by atoms with Crippen LogP contribution in [0.5, 0.6) is 0 Å². The van der Waals surface area contributed by atoms with E-state index in [4.69, 9.17) is 4.74 Å². The van der Waals surface area contributed by atoms with Gasteiger partial charge in [-0.15, -0.1) is 11.8 Å². The van der Waals surface area contributed by atoms with Gasteiger partial charge in [0, 0.05) is 19.4 Å². The highest BCUT2D eigenvalue weighted by Crippen LogP contribution is 2.18. The number of rotatable bonds is 9. The average Bonchev–Trinajstić information content (AvgIpc) is 2.61. The van der Waals surface area contributed by atoms with Gasteiger partial charge in [0.1, 0.15) is 0 Å². The van der Waals surface area contributed by atoms with Crippen LogP contribution in [0.25, 0.3) is 0 Å². The van der Waals surface area contributed by atoms with E-state index in [1.54, 1.807) is 43.1 Å². The van der Waals surface area contributed by atoms with Gasteiger partial charge in [-0.05, 0) is 31.5 Å². The molecule has 0 aliphatic rings. The summed E-state index contributed by atoms with van der Waals surface area (Å²) in [5.41, 5.74) is 4.63. The number of nitrogens with one attached hydrogen (secondary N) is 2. The van der Waals surface area contributed by atoms with Gasteiger partial charge in [0.05, 0.1) is 23.6 Å². The summed E-state index contributed by atoms with van der Waals surface area (Å²) in [6.45, 7) is 5.00. The van der Waals surface area contributed by atoms with Crippen molar-refractivity contribution in [3.8, 4) is 0 Å². The lowest BCUT2D eigenvalue weighted by Gasteiger charge is -2.11. The number of anilines is 1. The largest absolute Gasteiger partial charge is 0.383 e. The lowest BCUT2D eigenvalue weighted by atomic mass is 10.1. The molecule has 2 amide bonds. The standard InChI is InChI=1S/C21H26N2O3S/c1-15-10-16(2)12-17(11-15)13-27-14-20(24)23-19-7-5-4-6-18(19)21(25)22-8-9-26-3/h4-7,10-12H,8-9,13-14H2,1-3H3,(H,22,25)(H,23,24). The Hall–Kier alpha value is -2.31. The molecule has 0 unspecified atom stereocenters. The van der Waals surface area contributed by atoms with Gasteiger partial charge in [0.15, 0.2) is 0 Å². The Morgan fingerprint density at radius 1 is 1.07 bits per heavy atom. The number of para-hydroxylation sites is 1. The first-order chi connectivity index (χ1) is 13.0. The molecule has 0 fully saturated rings. The third-order valence-corrected chi connectivity index (χ3v) is 4.82. The van der Waals surface area contributed by atoms with E-state index >= 15 is 0 Å². The van der Waals surface area contributed by atoms with E-state index in [1.165, 1.54) is 16.7 Å². The molecular formula is C21H26N2O3S. The molecule has 0 atom stereocenters. The summed E-state index contributed by atoms with van der Waals surface area (Å²) >= 11 is 1.55. The minimum Gasteiger partial charge on any atom is -0.383 e. The Kier molecular flexibility index (Phi) is 8.36. The summed E-state index contributed by atoms with van der Waals surface area (Å²) in [5, 5.41) is 5.61. The first-order valence-corrected chi connectivity index (χ1v) is 9.96. The minimum atomic E-state index is -0.231. The molecule has 0 bridgehead atoms. The van der Waals surface area contributed by atoms with Gasteiger partial charge in [-0.1, -0.05) is 41.5 Å². The van der Waals surface area contributed by atoms with E-state index in [0.29, 0.717) is 30.2 Å². The third kappa shape index (κ3) is 7.07. The third-order valence-electron chi connectivity index (χ3n) is 3.82. The van der Waals surface area contributed by atoms with Gasteiger partial charge in [0.25, 0.3) is 5.91 Å². The van der Waals surface area contributed by atoms with Crippen molar-refractivity contribution in [1.82, 2.24) is 5.32 Å². The van der Waals surface area contributed by atoms with Crippen LogP contribution in [0.2, 0.25) is 0 Å². The molecule has 2 aromatic carbocycles. The lowest BCUT2D eigenvalue weighted by Crippen LogP contribution is -2.28. The summed E-state index contributed by atoms with van der Waals surface area (Å²) in [4.78, 5) is 24.5. The number of aryl methyl sites for hydroxylation is 2. The molecule has 0 spiro atoms. The van der Waals surface area contributed by atoms with E-state index in [1.807, 2.05) is 0 Å². The van der Waals surface area contributed by atoms with Gasteiger partial charge >= 0.3 is 0 Å². The second kappa shape index (κ2) is 10.7. The molecular weight excluding hydrogens is 360 g/mol. The smallest absolute Gasteiger partial charge is 0.253 e. The number of benzene rings is 2. The van der Waals surface area contributed by atoms with Crippen LogP contribution in [0.1, 0.15) is 27.0 Å². The van der Waals surface area contributed by atoms with Gasteiger partial charge in [-0.3, -0.25) is 9.59 Å². The summed E-state index contributed by atoms with van der Waals surface area (Å²) in [7, 11) is 1.58. The molecule has 144 valence electrons. The van der Waals surface area contributed by atoms with Crippen molar-refractivity contribution in [2.75, 3.05) is 31.3 Å². The van der Waals surface area contributed by atoms with Crippen LogP contribution in [-0.4, -0.2) is 37.8 Å². The average molecular weight is 387 g/mol. The summed E-state index contributed by atoms with van der Waals surface area (Å²) in [6.07, 6.45) is 0. The van der Waals surface area contributed by atoms with Crippen molar-refractivity contribution in [3.63, 3.8) is 0 Å². The van der Waals surface area contributed by atoms with Gasteiger partial charge in [-0.2, -0.15) is 0 Å². The maximum Gasteiger partial charge on any atom is 0.253 e. The normalized spacial score (nSPS) is 10.5. The number of methoxy groups -OCH3 is 1. The molecule has 6 heteroatoms. The highest BCUT2D eigenvalue weighted by Gasteiger charge is 2.12. The molecule has 0 aliphatic heterocycles. The first-order valence-electron chi connectivity index (χ1n) is 8.80. The van der Waals surface area contributed by atoms with Crippen LogP contribution in [0, 0.1) is 13.8 Å². The highest BCUT2D eigenvalue weighted by molar-refractivity contribution is 7.99. The SMILES string of the molecule is COCCNC(=O)c1ccccc1NC(=O)CSCc1cc(C)cc(C)c1. The van der Waals surface area contributed by atoms with E-state index in [2.05, 4.69) is 42.7 Å². The number of amides is 2. The molecule has 0 aliphatic carbocycles. The summed E-state index contributed by atoms with van der Waals surface area (Å²) in [5.74, 6) is 0.745.